The van der Waals surface area contributed by atoms with E-state index < -0.39 is 0 Å². The van der Waals surface area contributed by atoms with Crippen LogP contribution in [0.4, 0.5) is 0 Å². The number of esters is 1. The van der Waals surface area contributed by atoms with Crippen LogP contribution in [0.25, 0.3) is 22.1 Å². The molecule has 5 aromatic rings. The molecule has 2 aromatic heterocycles. The van der Waals surface area contributed by atoms with E-state index in [2.05, 4.69) is 4.98 Å². The molecule has 0 bridgehead atoms. The van der Waals surface area contributed by atoms with E-state index >= 15 is 0 Å². The summed E-state index contributed by atoms with van der Waals surface area (Å²) in [5.74, 6) is 0.865. The van der Waals surface area contributed by atoms with E-state index in [1.165, 1.54) is 11.3 Å². The normalized spacial score (nSPS) is 10.9. The van der Waals surface area contributed by atoms with Crippen molar-refractivity contribution in [3.8, 4) is 22.6 Å². The number of nitrogens with two attached hydrogens (primary N) is 1. The molecule has 0 radical (unpaired) electrons. The van der Waals surface area contributed by atoms with Gasteiger partial charge >= 0.3 is 5.97 Å². The van der Waals surface area contributed by atoms with Crippen LogP contribution in [0.5, 0.6) is 11.5 Å². The van der Waals surface area contributed by atoms with Gasteiger partial charge in [-0.1, -0.05) is 36.4 Å². The van der Waals surface area contributed by atoms with Crippen molar-refractivity contribution in [3.63, 3.8) is 0 Å². The fraction of sp³-hybridized carbons (Fsp3) is 0.167. The lowest BCUT2D eigenvalue weighted by Gasteiger charge is -2.12. The number of furan rings is 1. The van der Waals surface area contributed by atoms with Gasteiger partial charge in [-0.05, 0) is 42.3 Å². The van der Waals surface area contributed by atoms with Gasteiger partial charge in [-0.3, -0.25) is 10.2 Å². The van der Waals surface area contributed by atoms with Crippen LogP contribution in [0, 0.1) is 5.41 Å². The maximum atomic E-state index is 12.1. The third kappa shape index (κ3) is 6.10. The number of ether oxygens (including phenoxy) is 3. The highest BCUT2D eigenvalue weighted by atomic mass is 32.1. The van der Waals surface area contributed by atoms with Gasteiger partial charge < -0.3 is 24.4 Å². The average molecular weight is 542 g/mol. The molecule has 0 amide bonds. The summed E-state index contributed by atoms with van der Waals surface area (Å²) in [6.07, 6.45) is 3.52. The SMILES string of the molecule is CCOC(=O)Cc1ccccc1OCc1coc2c(OCc3nccs3)cc(-c3cccc(C(=N)N)c3)cc12. The topological polar surface area (TPSA) is 121 Å². The van der Waals surface area contributed by atoms with E-state index in [4.69, 9.17) is 29.8 Å². The largest absolute Gasteiger partial charge is 0.488 e. The Balaban J connectivity index is 1.48. The van der Waals surface area contributed by atoms with Crippen molar-refractivity contribution >= 4 is 34.1 Å². The Bertz CT molecular complexity index is 1610. The van der Waals surface area contributed by atoms with E-state index in [1.54, 1.807) is 25.5 Å². The van der Waals surface area contributed by atoms with Gasteiger partial charge in [0.2, 0.25) is 0 Å². The minimum atomic E-state index is -0.304. The van der Waals surface area contributed by atoms with Gasteiger partial charge in [0.1, 0.15) is 29.8 Å². The number of carbonyl (C=O) groups excluding carboxylic acids is 1. The molecule has 3 aromatic carbocycles. The third-order valence-electron chi connectivity index (χ3n) is 6.06. The highest BCUT2D eigenvalue weighted by Gasteiger charge is 2.17. The Morgan fingerprint density at radius 3 is 2.64 bits per heavy atom. The Labute approximate surface area is 229 Å². The van der Waals surface area contributed by atoms with Crippen LogP contribution in [0.2, 0.25) is 0 Å². The number of hydrogen-bond donors (Lipinski definition) is 2. The number of nitrogens with one attached hydrogen (secondary N) is 1. The number of rotatable bonds is 11. The molecule has 198 valence electrons. The second-order valence-electron chi connectivity index (χ2n) is 8.70. The van der Waals surface area contributed by atoms with Gasteiger partial charge in [0.15, 0.2) is 11.3 Å². The second kappa shape index (κ2) is 11.8. The molecule has 8 nitrogen and oxygen atoms in total. The van der Waals surface area contributed by atoms with Crippen LogP contribution in [-0.2, 0) is 29.2 Å². The van der Waals surface area contributed by atoms with Gasteiger partial charge in [-0.15, -0.1) is 11.3 Å². The van der Waals surface area contributed by atoms with Gasteiger partial charge in [0, 0.05) is 33.7 Å². The molecule has 39 heavy (non-hydrogen) atoms. The summed E-state index contributed by atoms with van der Waals surface area (Å²) in [5, 5.41) is 11.4. The molecule has 9 heteroatoms. The molecule has 2 heterocycles. The first-order valence-electron chi connectivity index (χ1n) is 12.4. The van der Waals surface area contributed by atoms with Crippen molar-refractivity contribution in [1.29, 1.82) is 5.41 Å². The van der Waals surface area contributed by atoms with Gasteiger partial charge in [0.25, 0.3) is 0 Å². The summed E-state index contributed by atoms with van der Waals surface area (Å²) in [6, 6.07) is 18.8. The van der Waals surface area contributed by atoms with Crippen LogP contribution >= 0.6 is 11.3 Å². The number of carbonyl (C=O) groups is 1. The number of nitrogens with zero attached hydrogens (tertiary/aromatic N) is 1. The molecule has 0 fully saturated rings. The van der Waals surface area contributed by atoms with Crippen molar-refractivity contribution in [2.45, 2.75) is 26.6 Å². The highest BCUT2D eigenvalue weighted by molar-refractivity contribution is 7.09. The zero-order valence-corrected chi connectivity index (χ0v) is 22.1. The number of thiazole rings is 1. The maximum Gasteiger partial charge on any atom is 0.310 e. The molecule has 0 aliphatic rings. The summed E-state index contributed by atoms with van der Waals surface area (Å²) >= 11 is 1.52. The first kappa shape index (κ1) is 26.0. The van der Waals surface area contributed by atoms with Crippen molar-refractivity contribution in [2.75, 3.05) is 6.61 Å². The Morgan fingerprint density at radius 1 is 1.00 bits per heavy atom. The Kier molecular flexibility index (Phi) is 7.88. The van der Waals surface area contributed by atoms with Crippen molar-refractivity contribution < 1.29 is 23.4 Å². The van der Waals surface area contributed by atoms with E-state index in [0.29, 0.717) is 35.9 Å². The number of benzene rings is 3. The number of aromatic nitrogens is 1. The number of fused-ring (bicyclic) bond motifs is 1. The fourth-order valence-electron chi connectivity index (χ4n) is 4.19. The second-order valence-corrected chi connectivity index (χ2v) is 9.68. The Morgan fingerprint density at radius 2 is 1.85 bits per heavy atom. The van der Waals surface area contributed by atoms with Crippen molar-refractivity contribution in [1.82, 2.24) is 4.98 Å². The average Bonchev–Trinajstić information content (AvgIpc) is 3.61. The molecule has 0 unspecified atom stereocenters. The summed E-state index contributed by atoms with van der Waals surface area (Å²) in [5.41, 5.74) is 10.3. The van der Waals surface area contributed by atoms with Crippen LogP contribution in [0.15, 0.2) is 82.9 Å². The van der Waals surface area contributed by atoms with Crippen molar-refractivity contribution in [3.05, 3.63) is 100 Å². The molecule has 0 saturated carbocycles. The van der Waals surface area contributed by atoms with Gasteiger partial charge in [-0.25, -0.2) is 4.98 Å². The van der Waals surface area contributed by atoms with E-state index in [9.17, 15) is 4.79 Å². The first-order valence-corrected chi connectivity index (χ1v) is 13.3. The third-order valence-corrected chi connectivity index (χ3v) is 6.81. The zero-order chi connectivity index (χ0) is 27.2. The molecule has 0 saturated heterocycles. The van der Waals surface area contributed by atoms with Crippen LogP contribution in [-0.4, -0.2) is 23.4 Å². The molecule has 5 rings (SSSR count). The molecule has 0 aliphatic heterocycles. The minimum absolute atomic E-state index is 0.00273. The minimum Gasteiger partial charge on any atom is -0.488 e. The maximum absolute atomic E-state index is 12.1. The predicted molar refractivity (Wildman–Crippen MR) is 150 cm³/mol. The summed E-state index contributed by atoms with van der Waals surface area (Å²) < 4.78 is 23.4. The summed E-state index contributed by atoms with van der Waals surface area (Å²) in [6.45, 7) is 2.63. The lowest BCUT2D eigenvalue weighted by molar-refractivity contribution is -0.142. The van der Waals surface area contributed by atoms with E-state index in [1.807, 2.05) is 60.0 Å². The van der Waals surface area contributed by atoms with Crippen LogP contribution in [0.3, 0.4) is 0 Å². The molecule has 0 atom stereocenters. The number of amidine groups is 1. The molecular formula is C30H27N3O5S. The fourth-order valence-corrected chi connectivity index (χ4v) is 4.71. The lowest BCUT2D eigenvalue weighted by Crippen LogP contribution is -2.10. The van der Waals surface area contributed by atoms with Crippen LogP contribution in [0.1, 0.15) is 28.6 Å². The molecule has 0 spiro atoms. The van der Waals surface area contributed by atoms with E-state index in [0.717, 1.165) is 32.6 Å². The number of hydrogen-bond acceptors (Lipinski definition) is 8. The zero-order valence-electron chi connectivity index (χ0n) is 21.3. The summed E-state index contributed by atoms with van der Waals surface area (Å²) in [7, 11) is 0. The first-order chi connectivity index (χ1) is 19.0. The predicted octanol–water partition coefficient (Wildman–Crippen LogP) is 6.10. The standard InChI is InChI=1S/C30H27N3O5S/c1-2-35-28(34)15-20-6-3-4-9-25(20)36-16-23-17-38-29-24(23)13-22(19-7-5-8-21(12-19)30(31)32)14-26(29)37-18-27-33-10-11-39-27/h3-14,17H,2,15-16,18H2,1H3,(H3,31,32). The summed E-state index contributed by atoms with van der Waals surface area (Å²) in [4.78, 5) is 16.4. The lowest BCUT2D eigenvalue weighted by atomic mass is 10.00. The van der Waals surface area contributed by atoms with Crippen LogP contribution < -0.4 is 15.2 Å². The highest BCUT2D eigenvalue weighted by Crippen LogP contribution is 2.37. The number of para-hydroxylation sites is 1. The monoisotopic (exact) mass is 541 g/mol. The van der Waals surface area contributed by atoms with Crippen molar-refractivity contribution in [2.24, 2.45) is 5.73 Å². The Hall–Kier alpha value is -4.63. The molecular weight excluding hydrogens is 514 g/mol. The molecule has 3 N–H and O–H groups in total. The smallest absolute Gasteiger partial charge is 0.310 e. The molecule has 0 aliphatic carbocycles. The van der Waals surface area contributed by atoms with E-state index in [-0.39, 0.29) is 24.8 Å². The van der Waals surface area contributed by atoms with Gasteiger partial charge in [0.05, 0.1) is 19.3 Å². The quantitative estimate of drug-likeness (QED) is 0.118. The van der Waals surface area contributed by atoms with Gasteiger partial charge in [-0.2, -0.15) is 0 Å². The number of nitrogen functional groups attached to an aromatic ring is 1.